The number of nitrogens with two attached hydrogens (primary N) is 1. The van der Waals surface area contributed by atoms with Crippen LogP contribution < -0.4 is 10.5 Å². The predicted molar refractivity (Wildman–Crippen MR) is 90.2 cm³/mol. The topological polar surface area (TPSA) is 48.1 Å². The molecular weight excluding hydrogens is 310 g/mol. The third-order valence-corrected chi connectivity index (χ3v) is 3.57. The van der Waals surface area contributed by atoms with Crippen molar-refractivity contribution in [1.29, 1.82) is 0 Å². The van der Waals surface area contributed by atoms with E-state index < -0.39 is 5.92 Å². The van der Waals surface area contributed by atoms with Crippen LogP contribution in [0.4, 0.5) is 14.6 Å². The van der Waals surface area contributed by atoms with Crippen LogP contribution in [0.2, 0.25) is 0 Å². The number of rotatable bonds is 4. The number of hydrogen-bond acceptors (Lipinski definition) is 3. The monoisotopic (exact) mass is 326 g/mol. The molecule has 24 heavy (non-hydrogen) atoms. The summed E-state index contributed by atoms with van der Waals surface area (Å²) in [6.45, 7) is 0.868. The molecule has 0 aliphatic rings. The lowest BCUT2D eigenvalue weighted by molar-refractivity contribution is 0.0174. The van der Waals surface area contributed by atoms with Gasteiger partial charge in [-0.05, 0) is 59.7 Å². The zero-order valence-electron chi connectivity index (χ0n) is 13.0. The van der Waals surface area contributed by atoms with E-state index >= 15 is 0 Å². The van der Waals surface area contributed by atoms with Crippen LogP contribution in [0.15, 0.2) is 66.9 Å². The fraction of sp³-hybridized carbons (Fsp3) is 0.105. The Morgan fingerprint density at radius 3 is 2.00 bits per heavy atom. The van der Waals surface area contributed by atoms with Gasteiger partial charge in [-0.3, -0.25) is 0 Å². The number of benzene rings is 2. The summed E-state index contributed by atoms with van der Waals surface area (Å²) < 4.78 is 32.1. The Kier molecular flexibility index (Phi) is 4.16. The first-order valence-electron chi connectivity index (χ1n) is 7.40. The zero-order valence-corrected chi connectivity index (χ0v) is 13.0. The molecule has 5 heteroatoms. The maximum absolute atomic E-state index is 13.2. The van der Waals surface area contributed by atoms with Gasteiger partial charge < -0.3 is 10.5 Å². The van der Waals surface area contributed by atoms with Crippen LogP contribution in [0.25, 0.3) is 11.1 Å². The van der Waals surface area contributed by atoms with Gasteiger partial charge in [0.1, 0.15) is 17.3 Å². The van der Waals surface area contributed by atoms with Crippen molar-refractivity contribution in [1.82, 2.24) is 4.98 Å². The molecule has 0 saturated heterocycles. The molecule has 3 rings (SSSR count). The summed E-state index contributed by atoms with van der Waals surface area (Å²) in [7, 11) is 0. The minimum Gasteiger partial charge on any atom is -0.457 e. The van der Waals surface area contributed by atoms with Crippen LogP contribution in [0.1, 0.15) is 12.5 Å². The van der Waals surface area contributed by atoms with Crippen molar-refractivity contribution in [3.05, 3.63) is 72.4 Å². The summed E-state index contributed by atoms with van der Waals surface area (Å²) in [5, 5.41) is 0. The standard InChI is InChI=1S/C19H16F2N2O/c1-19(20,21)15-4-8-17(9-5-15)24-16-6-2-13(3-7-16)14-10-11-23-18(22)12-14/h2-12H,1H3,(H2,22,23). The second-order valence-electron chi connectivity index (χ2n) is 5.51. The summed E-state index contributed by atoms with van der Waals surface area (Å²) in [5.41, 5.74) is 7.59. The van der Waals surface area contributed by atoms with Gasteiger partial charge in [0.25, 0.3) is 5.92 Å². The van der Waals surface area contributed by atoms with Gasteiger partial charge in [0, 0.05) is 18.7 Å². The number of aromatic nitrogens is 1. The van der Waals surface area contributed by atoms with Gasteiger partial charge in [-0.15, -0.1) is 0 Å². The molecule has 0 spiro atoms. The van der Waals surface area contributed by atoms with Crippen LogP contribution in [-0.4, -0.2) is 4.98 Å². The third-order valence-electron chi connectivity index (χ3n) is 3.57. The number of nitrogen functional groups attached to an aromatic ring is 1. The molecule has 0 aliphatic carbocycles. The van der Waals surface area contributed by atoms with Crippen molar-refractivity contribution in [2.75, 3.05) is 5.73 Å². The Hall–Kier alpha value is -2.95. The summed E-state index contributed by atoms with van der Waals surface area (Å²) in [5.74, 6) is -1.27. The van der Waals surface area contributed by atoms with E-state index in [-0.39, 0.29) is 5.56 Å². The number of hydrogen-bond donors (Lipinski definition) is 1. The second-order valence-corrected chi connectivity index (χ2v) is 5.51. The molecule has 0 saturated carbocycles. The molecule has 122 valence electrons. The Morgan fingerprint density at radius 2 is 1.46 bits per heavy atom. The number of halogens is 2. The van der Waals surface area contributed by atoms with E-state index in [0.29, 0.717) is 17.3 Å². The highest BCUT2D eigenvalue weighted by atomic mass is 19.3. The molecule has 3 aromatic rings. The van der Waals surface area contributed by atoms with Crippen molar-refractivity contribution in [2.45, 2.75) is 12.8 Å². The van der Waals surface area contributed by atoms with E-state index in [1.165, 1.54) is 24.3 Å². The predicted octanol–water partition coefficient (Wildman–Crippen LogP) is 5.23. The van der Waals surface area contributed by atoms with Gasteiger partial charge in [0.2, 0.25) is 0 Å². The second kappa shape index (κ2) is 6.28. The number of alkyl halides is 2. The molecule has 2 aromatic carbocycles. The summed E-state index contributed by atoms with van der Waals surface area (Å²) in [6.07, 6.45) is 1.65. The lowest BCUT2D eigenvalue weighted by Crippen LogP contribution is -2.06. The van der Waals surface area contributed by atoms with Crippen molar-refractivity contribution in [3.8, 4) is 22.6 Å². The molecule has 0 fully saturated rings. The Balaban J connectivity index is 1.75. The highest BCUT2D eigenvalue weighted by Gasteiger charge is 2.23. The van der Waals surface area contributed by atoms with E-state index in [1.807, 2.05) is 30.3 Å². The largest absolute Gasteiger partial charge is 0.457 e. The number of pyridine rings is 1. The minimum absolute atomic E-state index is 0.0412. The molecule has 3 nitrogen and oxygen atoms in total. The zero-order chi connectivity index (χ0) is 17.2. The van der Waals surface area contributed by atoms with Crippen molar-refractivity contribution in [3.63, 3.8) is 0 Å². The molecule has 1 aromatic heterocycles. The van der Waals surface area contributed by atoms with Crippen molar-refractivity contribution in [2.24, 2.45) is 0 Å². The van der Waals surface area contributed by atoms with Crippen LogP contribution in [0, 0.1) is 0 Å². The molecule has 1 heterocycles. The van der Waals surface area contributed by atoms with E-state index in [1.54, 1.807) is 12.3 Å². The van der Waals surface area contributed by atoms with E-state index in [2.05, 4.69) is 4.98 Å². The van der Waals surface area contributed by atoms with Crippen molar-refractivity contribution >= 4 is 5.82 Å². The van der Waals surface area contributed by atoms with Crippen molar-refractivity contribution < 1.29 is 13.5 Å². The molecule has 0 unspecified atom stereocenters. The van der Waals surface area contributed by atoms with Crippen LogP contribution in [-0.2, 0) is 5.92 Å². The first-order chi connectivity index (χ1) is 11.4. The fourth-order valence-electron chi connectivity index (χ4n) is 2.30. The Morgan fingerprint density at radius 1 is 0.875 bits per heavy atom. The van der Waals surface area contributed by atoms with Gasteiger partial charge in [0.05, 0.1) is 0 Å². The van der Waals surface area contributed by atoms with Gasteiger partial charge in [-0.1, -0.05) is 12.1 Å². The van der Waals surface area contributed by atoms with Gasteiger partial charge in [0.15, 0.2) is 0 Å². The van der Waals surface area contributed by atoms with E-state index in [4.69, 9.17) is 10.5 Å². The molecule has 0 bridgehead atoms. The van der Waals surface area contributed by atoms with Gasteiger partial charge in [-0.25, -0.2) is 13.8 Å². The summed E-state index contributed by atoms with van der Waals surface area (Å²) in [4.78, 5) is 3.96. The van der Waals surface area contributed by atoms with Crippen LogP contribution in [0.3, 0.4) is 0 Å². The maximum atomic E-state index is 13.2. The van der Waals surface area contributed by atoms with E-state index in [9.17, 15) is 8.78 Å². The number of nitrogens with zero attached hydrogens (tertiary/aromatic N) is 1. The third kappa shape index (κ3) is 3.68. The minimum atomic E-state index is -2.85. The highest BCUT2D eigenvalue weighted by Crippen LogP contribution is 2.30. The molecule has 2 N–H and O–H groups in total. The first kappa shape index (κ1) is 15.9. The first-order valence-corrected chi connectivity index (χ1v) is 7.40. The van der Waals surface area contributed by atoms with E-state index in [0.717, 1.165) is 18.1 Å². The molecule has 0 radical (unpaired) electrons. The quantitative estimate of drug-likeness (QED) is 0.713. The lowest BCUT2D eigenvalue weighted by atomic mass is 10.1. The number of ether oxygens (including phenoxy) is 1. The van der Waals surface area contributed by atoms with Crippen LogP contribution >= 0.6 is 0 Å². The smallest absolute Gasteiger partial charge is 0.270 e. The summed E-state index contributed by atoms with van der Waals surface area (Å²) >= 11 is 0. The summed E-state index contributed by atoms with van der Waals surface area (Å²) in [6, 6.07) is 16.9. The Labute approximate surface area is 138 Å². The number of anilines is 1. The average Bonchev–Trinajstić information content (AvgIpc) is 2.55. The maximum Gasteiger partial charge on any atom is 0.270 e. The Bertz CT molecular complexity index is 825. The lowest BCUT2D eigenvalue weighted by Gasteiger charge is -2.12. The highest BCUT2D eigenvalue weighted by molar-refractivity contribution is 5.66. The normalized spacial score (nSPS) is 11.3. The molecule has 0 amide bonds. The SMILES string of the molecule is CC(F)(F)c1ccc(Oc2ccc(-c3ccnc(N)c3)cc2)cc1. The van der Waals surface area contributed by atoms with Crippen LogP contribution in [0.5, 0.6) is 11.5 Å². The average molecular weight is 326 g/mol. The van der Waals surface area contributed by atoms with Gasteiger partial charge in [-0.2, -0.15) is 0 Å². The van der Waals surface area contributed by atoms with Gasteiger partial charge >= 0.3 is 0 Å². The molecular formula is C19H16F2N2O. The fourth-order valence-corrected chi connectivity index (χ4v) is 2.30. The molecule has 0 aliphatic heterocycles. The molecule has 0 atom stereocenters.